The van der Waals surface area contributed by atoms with Gasteiger partial charge in [0.25, 0.3) is 0 Å². The first-order valence-corrected chi connectivity index (χ1v) is 6.40. The Kier molecular flexibility index (Phi) is 3.15. The fourth-order valence-electron chi connectivity index (χ4n) is 2.75. The maximum atomic E-state index is 12.1. The topological polar surface area (TPSA) is 46.6 Å². The average Bonchev–Trinajstić information content (AvgIpc) is 2.45. The molecular weight excluding hydrogens is 218 g/mol. The molecule has 0 aromatic carbocycles. The van der Waals surface area contributed by atoms with E-state index in [4.69, 9.17) is 4.74 Å². The van der Waals surface area contributed by atoms with E-state index < -0.39 is 5.60 Å². The van der Waals surface area contributed by atoms with E-state index in [0.717, 1.165) is 19.3 Å². The molecule has 2 saturated heterocycles. The Morgan fingerprint density at radius 1 is 1.24 bits per heavy atom. The van der Waals surface area contributed by atoms with E-state index in [1.165, 1.54) is 0 Å². The van der Waals surface area contributed by atoms with Crippen LogP contribution in [0.2, 0.25) is 0 Å². The van der Waals surface area contributed by atoms with Gasteiger partial charge in [-0.3, -0.25) is 4.79 Å². The van der Waals surface area contributed by atoms with E-state index in [0.29, 0.717) is 12.8 Å². The van der Waals surface area contributed by atoms with Gasteiger partial charge in [-0.2, -0.15) is 0 Å². The molecule has 0 aromatic heterocycles. The lowest BCUT2D eigenvalue weighted by atomic mass is 10.0. The van der Waals surface area contributed by atoms with Crippen molar-refractivity contribution in [2.45, 2.75) is 70.6 Å². The summed E-state index contributed by atoms with van der Waals surface area (Å²) in [5.41, 5.74) is -0.465. The predicted molar refractivity (Wildman–Crippen MR) is 63.7 cm³/mol. The quantitative estimate of drug-likeness (QED) is 0.652. The molecule has 2 unspecified atom stereocenters. The first-order chi connectivity index (χ1) is 7.87. The number of hydrogen-bond donors (Lipinski definition) is 0. The summed E-state index contributed by atoms with van der Waals surface area (Å²) in [5.74, 6) is 0.283. The third kappa shape index (κ3) is 2.79. The molecule has 96 valence electrons. The zero-order valence-corrected chi connectivity index (χ0v) is 10.9. The van der Waals surface area contributed by atoms with Gasteiger partial charge in [-0.15, -0.1) is 0 Å². The Bertz CT molecular complexity index is 332. The lowest BCUT2D eigenvalue weighted by Crippen LogP contribution is -2.43. The van der Waals surface area contributed by atoms with Crippen LogP contribution < -0.4 is 0 Å². The van der Waals surface area contributed by atoms with Gasteiger partial charge < -0.3 is 9.64 Å². The van der Waals surface area contributed by atoms with E-state index in [1.54, 1.807) is 0 Å². The molecule has 4 nitrogen and oxygen atoms in total. The summed E-state index contributed by atoms with van der Waals surface area (Å²) in [7, 11) is 0. The van der Waals surface area contributed by atoms with Crippen LogP contribution in [0.25, 0.3) is 0 Å². The second-order valence-electron chi connectivity index (χ2n) is 6.05. The van der Waals surface area contributed by atoms with Gasteiger partial charge >= 0.3 is 6.09 Å². The summed E-state index contributed by atoms with van der Waals surface area (Å²) in [4.78, 5) is 25.5. The van der Waals surface area contributed by atoms with Crippen LogP contribution in [-0.2, 0) is 9.53 Å². The van der Waals surface area contributed by atoms with Crippen LogP contribution >= 0.6 is 0 Å². The number of carbonyl (C=O) groups is 2. The molecule has 0 aromatic rings. The van der Waals surface area contributed by atoms with Crippen molar-refractivity contribution in [2.75, 3.05) is 0 Å². The first-order valence-electron chi connectivity index (χ1n) is 6.40. The highest BCUT2D eigenvalue weighted by Crippen LogP contribution is 2.34. The van der Waals surface area contributed by atoms with E-state index in [2.05, 4.69) is 0 Å². The maximum Gasteiger partial charge on any atom is 0.410 e. The van der Waals surface area contributed by atoms with Crippen molar-refractivity contribution >= 4 is 11.9 Å². The van der Waals surface area contributed by atoms with Gasteiger partial charge in [0.1, 0.15) is 11.4 Å². The molecule has 1 amide bonds. The second kappa shape index (κ2) is 4.31. The highest BCUT2D eigenvalue weighted by molar-refractivity contribution is 5.81. The Morgan fingerprint density at radius 2 is 1.88 bits per heavy atom. The normalized spacial score (nSPS) is 29.1. The molecule has 0 N–H and O–H groups in total. The minimum Gasteiger partial charge on any atom is -0.444 e. The predicted octanol–water partition coefficient (Wildman–Crippen LogP) is 2.51. The Balaban J connectivity index is 2.09. The number of ketones is 1. The van der Waals surface area contributed by atoms with Gasteiger partial charge in [-0.25, -0.2) is 4.79 Å². The summed E-state index contributed by atoms with van der Waals surface area (Å²) in [6.45, 7) is 5.61. The molecule has 17 heavy (non-hydrogen) atoms. The van der Waals surface area contributed by atoms with Crippen molar-refractivity contribution < 1.29 is 14.3 Å². The van der Waals surface area contributed by atoms with Crippen LogP contribution in [-0.4, -0.2) is 34.5 Å². The fourth-order valence-corrected chi connectivity index (χ4v) is 2.75. The Labute approximate surface area is 102 Å². The third-order valence-electron chi connectivity index (χ3n) is 3.44. The Hall–Kier alpha value is -1.06. The third-order valence-corrected chi connectivity index (χ3v) is 3.44. The zero-order chi connectivity index (χ0) is 12.6. The second-order valence-corrected chi connectivity index (χ2v) is 6.05. The highest BCUT2D eigenvalue weighted by atomic mass is 16.6. The van der Waals surface area contributed by atoms with Crippen LogP contribution in [0.15, 0.2) is 0 Å². The smallest absolute Gasteiger partial charge is 0.410 e. The lowest BCUT2D eigenvalue weighted by molar-refractivity contribution is -0.119. The van der Waals surface area contributed by atoms with Crippen molar-refractivity contribution in [3.63, 3.8) is 0 Å². The van der Waals surface area contributed by atoms with Gasteiger partial charge in [0.2, 0.25) is 0 Å². The molecule has 0 spiro atoms. The molecular formula is C13H21NO3. The van der Waals surface area contributed by atoms with Crippen molar-refractivity contribution in [2.24, 2.45) is 0 Å². The summed E-state index contributed by atoms with van der Waals surface area (Å²) >= 11 is 0. The molecule has 0 aliphatic carbocycles. The summed E-state index contributed by atoms with van der Waals surface area (Å²) in [6, 6.07) is 0.283. The fraction of sp³-hybridized carbons (Fsp3) is 0.846. The average molecular weight is 239 g/mol. The van der Waals surface area contributed by atoms with Gasteiger partial charge in [0.05, 0.1) is 0 Å². The van der Waals surface area contributed by atoms with E-state index in [1.807, 2.05) is 25.7 Å². The first kappa shape index (κ1) is 12.4. The molecule has 2 heterocycles. The van der Waals surface area contributed by atoms with Crippen LogP contribution in [0.3, 0.4) is 0 Å². The summed E-state index contributed by atoms with van der Waals surface area (Å²) in [6.07, 6.45) is 3.62. The number of fused-ring (bicyclic) bond motifs is 2. The standard InChI is InChI=1S/C13H21NO3/c1-13(2,3)17-12(16)14-9-4-5-10(14)8-11(15)7-6-9/h9-10H,4-8H2,1-3H3. The molecule has 2 fully saturated rings. The zero-order valence-electron chi connectivity index (χ0n) is 10.9. The van der Waals surface area contributed by atoms with E-state index in [9.17, 15) is 9.59 Å². The van der Waals surface area contributed by atoms with Gasteiger partial charge in [-0.05, 0) is 40.0 Å². The summed E-state index contributed by atoms with van der Waals surface area (Å²) in [5, 5.41) is 0. The molecule has 0 radical (unpaired) electrons. The summed E-state index contributed by atoms with van der Waals surface area (Å²) < 4.78 is 5.42. The van der Waals surface area contributed by atoms with Crippen LogP contribution in [0.1, 0.15) is 52.9 Å². The van der Waals surface area contributed by atoms with E-state index >= 15 is 0 Å². The van der Waals surface area contributed by atoms with Crippen molar-refractivity contribution in [1.29, 1.82) is 0 Å². The highest BCUT2D eigenvalue weighted by Gasteiger charge is 2.41. The number of hydrogen-bond acceptors (Lipinski definition) is 3. The van der Waals surface area contributed by atoms with Crippen LogP contribution in [0.4, 0.5) is 4.79 Å². The molecule has 2 atom stereocenters. The minimum absolute atomic E-state index is 0.0739. The Morgan fingerprint density at radius 3 is 2.53 bits per heavy atom. The SMILES string of the molecule is CC(C)(C)OC(=O)N1C2CCC(=O)CC1CC2. The molecule has 2 aliphatic heterocycles. The van der Waals surface area contributed by atoms with Gasteiger partial charge in [0, 0.05) is 24.9 Å². The van der Waals surface area contributed by atoms with Gasteiger partial charge in [-0.1, -0.05) is 0 Å². The number of amides is 1. The van der Waals surface area contributed by atoms with Crippen molar-refractivity contribution in [1.82, 2.24) is 4.90 Å². The largest absolute Gasteiger partial charge is 0.444 e. The van der Waals surface area contributed by atoms with Crippen LogP contribution in [0.5, 0.6) is 0 Å². The number of rotatable bonds is 0. The molecule has 0 saturated carbocycles. The molecule has 4 heteroatoms. The van der Waals surface area contributed by atoms with E-state index in [-0.39, 0.29) is 24.0 Å². The molecule has 2 rings (SSSR count). The number of carbonyl (C=O) groups excluding carboxylic acids is 2. The van der Waals surface area contributed by atoms with Crippen molar-refractivity contribution in [3.05, 3.63) is 0 Å². The molecule has 2 bridgehead atoms. The van der Waals surface area contributed by atoms with Crippen LogP contribution in [0, 0.1) is 0 Å². The monoisotopic (exact) mass is 239 g/mol. The lowest BCUT2D eigenvalue weighted by Gasteiger charge is -2.30. The molecule has 2 aliphatic rings. The number of Topliss-reactive ketones (excluding diaryl/α,β-unsaturated/α-hetero) is 1. The maximum absolute atomic E-state index is 12.1. The van der Waals surface area contributed by atoms with Gasteiger partial charge in [0.15, 0.2) is 0 Å². The van der Waals surface area contributed by atoms with Crippen molar-refractivity contribution in [3.8, 4) is 0 Å². The number of ether oxygens (including phenoxy) is 1. The number of nitrogens with zero attached hydrogens (tertiary/aromatic N) is 1. The minimum atomic E-state index is -0.465.